The number of nitrogens with zero attached hydrogens (tertiary/aromatic N) is 1. The first-order valence-electron chi connectivity index (χ1n) is 5.21. The van der Waals surface area contributed by atoms with Gasteiger partial charge in [0.15, 0.2) is 0 Å². The summed E-state index contributed by atoms with van der Waals surface area (Å²) in [5.41, 5.74) is 2.19. The van der Waals surface area contributed by atoms with Crippen LogP contribution in [0.3, 0.4) is 0 Å². The van der Waals surface area contributed by atoms with Crippen LogP contribution in [0, 0.1) is 0 Å². The number of halogens is 1. The average molecular weight is 262 g/mol. The predicted molar refractivity (Wildman–Crippen MR) is 70.6 cm³/mol. The Morgan fingerprint density at radius 1 is 1.33 bits per heavy atom. The van der Waals surface area contributed by atoms with E-state index in [-0.39, 0.29) is 5.88 Å². The van der Waals surface area contributed by atoms with Gasteiger partial charge in [0.1, 0.15) is 5.69 Å². The van der Waals surface area contributed by atoms with Gasteiger partial charge in [0, 0.05) is 17.4 Å². The number of imidazole rings is 1. The Hall–Kier alpha value is -2.27. The standard InChI is InChI=1S/C12H8ClN3O2/c13-8-3-1-2-7-6(5-14-10(7)8)4-9-11(17)16-12(18)15-9/h1-5,17H,(H2,15,16,18)/b6-4+. The van der Waals surface area contributed by atoms with Crippen molar-refractivity contribution in [1.29, 1.82) is 0 Å². The van der Waals surface area contributed by atoms with Gasteiger partial charge in [0.05, 0.1) is 10.7 Å². The Morgan fingerprint density at radius 3 is 2.89 bits per heavy atom. The number of H-pyrrole nitrogens is 2. The van der Waals surface area contributed by atoms with Crippen LogP contribution in [0.2, 0.25) is 5.02 Å². The Balaban J connectivity index is 2.13. The first kappa shape index (κ1) is 10.9. The zero-order chi connectivity index (χ0) is 12.7. The summed E-state index contributed by atoms with van der Waals surface area (Å²) in [4.78, 5) is 20.0. The average Bonchev–Trinajstić information content (AvgIpc) is 2.86. The lowest BCUT2D eigenvalue weighted by molar-refractivity contribution is 0.454. The van der Waals surface area contributed by atoms with Crippen LogP contribution in [0.1, 0.15) is 11.3 Å². The summed E-state index contributed by atoms with van der Waals surface area (Å²) in [6.45, 7) is 0. The summed E-state index contributed by atoms with van der Waals surface area (Å²) in [6.07, 6.45) is 3.28. The van der Waals surface area contributed by atoms with Crippen LogP contribution in [-0.2, 0) is 0 Å². The number of hydrogen-bond acceptors (Lipinski definition) is 3. The van der Waals surface area contributed by atoms with Crippen molar-refractivity contribution in [2.24, 2.45) is 4.99 Å². The van der Waals surface area contributed by atoms with Gasteiger partial charge in [-0.2, -0.15) is 0 Å². The molecule has 1 aliphatic heterocycles. The first-order valence-corrected chi connectivity index (χ1v) is 5.59. The van der Waals surface area contributed by atoms with E-state index in [1.165, 1.54) is 0 Å². The fraction of sp³-hybridized carbons (Fsp3) is 0. The van der Waals surface area contributed by atoms with E-state index < -0.39 is 5.69 Å². The van der Waals surface area contributed by atoms with Gasteiger partial charge in [-0.25, -0.2) is 4.79 Å². The van der Waals surface area contributed by atoms with Gasteiger partial charge in [-0.1, -0.05) is 23.7 Å². The summed E-state index contributed by atoms with van der Waals surface area (Å²) in [5.74, 6) is -0.198. The molecule has 1 aliphatic rings. The molecule has 90 valence electrons. The molecule has 1 aromatic carbocycles. The van der Waals surface area contributed by atoms with Crippen molar-refractivity contribution in [2.75, 3.05) is 0 Å². The second-order valence-electron chi connectivity index (χ2n) is 3.84. The molecular weight excluding hydrogens is 254 g/mol. The third kappa shape index (κ3) is 1.65. The lowest BCUT2D eigenvalue weighted by Crippen LogP contribution is -2.00. The van der Waals surface area contributed by atoms with E-state index in [2.05, 4.69) is 15.0 Å². The van der Waals surface area contributed by atoms with Crippen molar-refractivity contribution in [3.05, 3.63) is 45.0 Å². The largest absolute Gasteiger partial charge is 0.493 e. The number of fused-ring (bicyclic) bond motifs is 1. The highest BCUT2D eigenvalue weighted by Crippen LogP contribution is 2.38. The molecule has 0 amide bonds. The van der Waals surface area contributed by atoms with Crippen LogP contribution in [0.5, 0.6) is 5.88 Å². The number of aromatic nitrogens is 2. The molecule has 3 N–H and O–H groups in total. The van der Waals surface area contributed by atoms with Gasteiger partial charge >= 0.3 is 5.69 Å². The van der Waals surface area contributed by atoms with Gasteiger partial charge in [-0.05, 0) is 12.1 Å². The highest BCUT2D eigenvalue weighted by Gasteiger charge is 2.15. The van der Waals surface area contributed by atoms with Crippen LogP contribution in [0.15, 0.2) is 28.0 Å². The lowest BCUT2D eigenvalue weighted by atomic mass is 10.1. The van der Waals surface area contributed by atoms with Crippen LogP contribution in [0.25, 0.3) is 11.6 Å². The predicted octanol–water partition coefficient (Wildman–Crippen LogP) is 2.32. The Bertz CT molecular complexity index is 740. The van der Waals surface area contributed by atoms with Crippen LogP contribution >= 0.6 is 11.6 Å². The molecule has 0 aliphatic carbocycles. The van der Waals surface area contributed by atoms with Crippen LogP contribution < -0.4 is 5.69 Å². The molecule has 2 heterocycles. The van der Waals surface area contributed by atoms with Crippen molar-refractivity contribution in [3.63, 3.8) is 0 Å². The minimum Gasteiger partial charge on any atom is -0.493 e. The summed E-state index contributed by atoms with van der Waals surface area (Å²) in [7, 11) is 0. The van der Waals surface area contributed by atoms with E-state index in [1.807, 2.05) is 12.1 Å². The molecule has 6 heteroatoms. The molecular formula is C12H8ClN3O2. The zero-order valence-corrected chi connectivity index (χ0v) is 9.82. The molecule has 5 nitrogen and oxygen atoms in total. The maximum Gasteiger partial charge on any atom is 0.326 e. The summed E-state index contributed by atoms with van der Waals surface area (Å²) >= 11 is 6.02. The number of benzene rings is 1. The molecule has 0 bridgehead atoms. The van der Waals surface area contributed by atoms with E-state index in [0.717, 1.165) is 11.1 Å². The van der Waals surface area contributed by atoms with Gasteiger partial charge in [0.2, 0.25) is 5.88 Å². The number of aromatic amines is 2. The van der Waals surface area contributed by atoms with Gasteiger partial charge < -0.3 is 10.1 Å². The van der Waals surface area contributed by atoms with Gasteiger partial charge in [-0.15, -0.1) is 0 Å². The van der Waals surface area contributed by atoms with Crippen molar-refractivity contribution in [1.82, 2.24) is 9.97 Å². The third-order valence-electron chi connectivity index (χ3n) is 2.67. The van der Waals surface area contributed by atoms with Gasteiger partial charge in [0.25, 0.3) is 0 Å². The zero-order valence-electron chi connectivity index (χ0n) is 9.07. The topological polar surface area (TPSA) is 81.2 Å². The number of para-hydroxylation sites is 1. The van der Waals surface area contributed by atoms with E-state index in [9.17, 15) is 9.90 Å². The van der Waals surface area contributed by atoms with Crippen LogP contribution in [-0.4, -0.2) is 21.3 Å². The maximum atomic E-state index is 11.0. The first-order chi connectivity index (χ1) is 8.65. The van der Waals surface area contributed by atoms with Crippen molar-refractivity contribution < 1.29 is 5.11 Å². The molecule has 3 rings (SSSR count). The van der Waals surface area contributed by atoms with E-state index in [0.29, 0.717) is 16.4 Å². The lowest BCUT2D eigenvalue weighted by Gasteiger charge is -2.00. The highest BCUT2D eigenvalue weighted by atomic mass is 35.5. The van der Waals surface area contributed by atoms with Crippen molar-refractivity contribution >= 4 is 35.2 Å². The Labute approximate surface area is 106 Å². The Kier molecular flexibility index (Phi) is 2.34. The minimum atomic E-state index is -0.458. The number of aromatic hydroxyl groups is 1. The molecule has 2 aromatic rings. The highest BCUT2D eigenvalue weighted by molar-refractivity contribution is 6.35. The number of allylic oxidation sites excluding steroid dienone is 1. The molecule has 0 saturated heterocycles. The smallest absolute Gasteiger partial charge is 0.326 e. The van der Waals surface area contributed by atoms with Gasteiger partial charge in [-0.3, -0.25) is 9.98 Å². The van der Waals surface area contributed by atoms with Crippen molar-refractivity contribution in [2.45, 2.75) is 0 Å². The second kappa shape index (κ2) is 3.89. The SMILES string of the molecule is O=c1[nH]c(O)c(/C=C2\C=Nc3c(Cl)cccc32)[nH]1. The molecule has 1 aromatic heterocycles. The monoisotopic (exact) mass is 261 g/mol. The number of nitrogens with one attached hydrogen (secondary N) is 2. The molecule has 0 fully saturated rings. The fourth-order valence-electron chi connectivity index (χ4n) is 1.85. The van der Waals surface area contributed by atoms with E-state index in [4.69, 9.17) is 11.6 Å². The molecule has 0 radical (unpaired) electrons. The quantitative estimate of drug-likeness (QED) is 0.736. The molecule has 0 atom stereocenters. The van der Waals surface area contributed by atoms with Crippen molar-refractivity contribution in [3.8, 4) is 5.88 Å². The fourth-order valence-corrected chi connectivity index (χ4v) is 2.07. The number of hydrogen-bond donors (Lipinski definition) is 3. The van der Waals surface area contributed by atoms with Crippen LogP contribution in [0.4, 0.5) is 5.69 Å². The third-order valence-corrected chi connectivity index (χ3v) is 2.97. The molecule has 18 heavy (non-hydrogen) atoms. The summed E-state index contributed by atoms with van der Waals surface area (Å²) in [5, 5.41) is 10.1. The summed E-state index contributed by atoms with van der Waals surface area (Å²) in [6, 6.07) is 5.46. The van der Waals surface area contributed by atoms with E-state index in [1.54, 1.807) is 18.4 Å². The van der Waals surface area contributed by atoms with E-state index >= 15 is 0 Å². The second-order valence-corrected chi connectivity index (χ2v) is 4.24. The maximum absolute atomic E-state index is 11.0. The Morgan fingerprint density at radius 2 is 2.17 bits per heavy atom. The molecule has 0 saturated carbocycles. The summed E-state index contributed by atoms with van der Waals surface area (Å²) < 4.78 is 0. The minimum absolute atomic E-state index is 0.198. The number of rotatable bonds is 1. The molecule has 0 unspecified atom stereocenters. The number of aliphatic imine (C=N–C) groups is 1. The normalized spacial score (nSPS) is 15.3. The molecule has 0 spiro atoms.